The van der Waals surface area contributed by atoms with Crippen LogP contribution in [0, 0.1) is 11.8 Å². The zero-order valence-electron chi connectivity index (χ0n) is 19.7. The minimum atomic E-state index is -0.625. The summed E-state index contributed by atoms with van der Waals surface area (Å²) in [6.45, 7) is 11.8. The number of piperazine rings is 1. The highest BCUT2D eigenvalue weighted by Gasteiger charge is 2.26. The third kappa shape index (κ3) is 7.70. The van der Waals surface area contributed by atoms with E-state index in [-0.39, 0.29) is 17.7 Å². The molecule has 2 unspecified atom stereocenters. The van der Waals surface area contributed by atoms with Gasteiger partial charge in [-0.2, -0.15) is 0 Å². The first-order chi connectivity index (χ1) is 14.7. The Bertz CT molecular complexity index is 710. The smallest absolute Gasteiger partial charge is 0.252 e. The summed E-state index contributed by atoms with van der Waals surface area (Å²) in [6.07, 6.45) is 0. The van der Waals surface area contributed by atoms with Crippen LogP contribution in [0.15, 0.2) is 18.2 Å². The van der Waals surface area contributed by atoms with E-state index >= 15 is 0 Å². The van der Waals surface area contributed by atoms with Crippen LogP contribution in [0.4, 0.5) is 0 Å². The third-order valence-electron chi connectivity index (χ3n) is 5.64. The lowest BCUT2D eigenvalue weighted by molar-refractivity contribution is -0.124. The van der Waals surface area contributed by atoms with Crippen LogP contribution in [0.2, 0.25) is 0 Å². The lowest BCUT2D eigenvalue weighted by atomic mass is 10.0. The van der Waals surface area contributed by atoms with E-state index in [0.29, 0.717) is 29.5 Å². The van der Waals surface area contributed by atoms with Crippen LogP contribution in [-0.2, 0) is 4.79 Å². The molecule has 1 heterocycles. The van der Waals surface area contributed by atoms with Gasteiger partial charge in [0.05, 0.1) is 14.2 Å². The molecule has 1 aliphatic rings. The fourth-order valence-corrected chi connectivity index (χ4v) is 3.62. The summed E-state index contributed by atoms with van der Waals surface area (Å²) in [4.78, 5) is 30.4. The van der Waals surface area contributed by atoms with Crippen molar-refractivity contribution in [1.29, 1.82) is 0 Å². The number of carbonyl (C=O) groups is 2. The Morgan fingerprint density at radius 2 is 1.58 bits per heavy atom. The van der Waals surface area contributed by atoms with Crippen molar-refractivity contribution in [3.8, 4) is 11.5 Å². The molecule has 2 amide bonds. The quantitative estimate of drug-likeness (QED) is 0.580. The molecule has 0 bridgehead atoms. The topological polar surface area (TPSA) is 83.1 Å². The minimum Gasteiger partial charge on any atom is -0.497 e. The van der Waals surface area contributed by atoms with E-state index in [1.807, 2.05) is 13.8 Å². The number of amides is 2. The van der Waals surface area contributed by atoms with Crippen LogP contribution in [0.3, 0.4) is 0 Å². The van der Waals surface area contributed by atoms with E-state index in [1.54, 1.807) is 18.2 Å². The number of nitrogens with zero attached hydrogens (tertiary/aromatic N) is 2. The average Bonchev–Trinajstić information content (AvgIpc) is 2.76. The van der Waals surface area contributed by atoms with Crippen LogP contribution in [0.1, 0.15) is 31.1 Å². The molecule has 0 aromatic heterocycles. The van der Waals surface area contributed by atoms with E-state index in [0.717, 1.165) is 32.7 Å². The summed E-state index contributed by atoms with van der Waals surface area (Å²) in [6, 6.07) is 4.34. The second kappa shape index (κ2) is 11.9. The van der Waals surface area contributed by atoms with Gasteiger partial charge in [-0.05, 0) is 31.0 Å². The van der Waals surface area contributed by atoms with Gasteiger partial charge in [-0.1, -0.05) is 20.8 Å². The Morgan fingerprint density at radius 1 is 1.00 bits per heavy atom. The molecular weight excluding hydrogens is 396 g/mol. The van der Waals surface area contributed by atoms with Crippen LogP contribution < -0.4 is 20.1 Å². The number of benzene rings is 1. The molecule has 31 heavy (non-hydrogen) atoms. The molecule has 2 N–H and O–H groups in total. The molecule has 174 valence electrons. The molecule has 1 fully saturated rings. The van der Waals surface area contributed by atoms with Gasteiger partial charge >= 0.3 is 0 Å². The van der Waals surface area contributed by atoms with Gasteiger partial charge in [-0.25, -0.2) is 0 Å². The fraction of sp³-hybridized carbons (Fsp3) is 0.652. The normalized spacial score (nSPS) is 17.1. The van der Waals surface area contributed by atoms with Crippen molar-refractivity contribution in [2.24, 2.45) is 11.8 Å². The lowest BCUT2D eigenvalue weighted by Crippen LogP contribution is -2.51. The van der Waals surface area contributed by atoms with E-state index in [1.165, 1.54) is 14.2 Å². The molecule has 1 saturated heterocycles. The predicted molar refractivity (Wildman–Crippen MR) is 122 cm³/mol. The van der Waals surface area contributed by atoms with Crippen LogP contribution in [0.5, 0.6) is 11.5 Å². The van der Waals surface area contributed by atoms with Crippen LogP contribution in [0.25, 0.3) is 0 Å². The van der Waals surface area contributed by atoms with Crippen molar-refractivity contribution in [1.82, 2.24) is 20.4 Å². The maximum absolute atomic E-state index is 12.8. The minimum absolute atomic E-state index is 0.0515. The summed E-state index contributed by atoms with van der Waals surface area (Å²) in [5.41, 5.74) is 0.387. The number of rotatable bonds is 10. The fourth-order valence-electron chi connectivity index (χ4n) is 3.62. The van der Waals surface area contributed by atoms with Crippen molar-refractivity contribution < 1.29 is 19.1 Å². The van der Waals surface area contributed by atoms with E-state index in [9.17, 15) is 9.59 Å². The van der Waals surface area contributed by atoms with Crippen LogP contribution >= 0.6 is 0 Å². The Labute approximate surface area is 186 Å². The zero-order chi connectivity index (χ0) is 23.0. The second-order valence-corrected chi connectivity index (χ2v) is 8.75. The van der Waals surface area contributed by atoms with Gasteiger partial charge in [0.2, 0.25) is 5.91 Å². The highest BCUT2D eigenvalue weighted by atomic mass is 16.5. The molecule has 0 spiro atoms. The second-order valence-electron chi connectivity index (χ2n) is 8.75. The van der Waals surface area contributed by atoms with Crippen molar-refractivity contribution in [2.75, 3.05) is 60.5 Å². The van der Waals surface area contributed by atoms with Crippen molar-refractivity contribution in [2.45, 2.75) is 26.8 Å². The third-order valence-corrected chi connectivity index (χ3v) is 5.64. The largest absolute Gasteiger partial charge is 0.497 e. The first kappa shape index (κ1) is 24.9. The molecule has 8 heteroatoms. The van der Waals surface area contributed by atoms with Crippen molar-refractivity contribution in [3.63, 3.8) is 0 Å². The Kier molecular flexibility index (Phi) is 9.58. The highest BCUT2D eigenvalue weighted by molar-refractivity contribution is 5.98. The van der Waals surface area contributed by atoms with E-state index in [2.05, 4.69) is 34.4 Å². The number of hydrogen-bond acceptors (Lipinski definition) is 6. The van der Waals surface area contributed by atoms with Gasteiger partial charge in [0.15, 0.2) is 0 Å². The van der Waals surface area contributed by atoms with Gasteiger partial charge in [0, 0.05) is 50.9 Å². The van der Waals surface area contributed by atoms with Gasteiger partial charge in [-0.15, -0.1) is 0 Å². The molecule has 0 aliphatic carbocycles. The number of ether oxygens (including phenoxy) is 2. The lowest BCUT2D eigenvalue weighted by Gasteiger charge is -2.34. The summed E-state index contributed by atoms with van der Waals surface area (Å²) in [7, 11) is 5.21. The Hall–Kier alpha value is -2.32. The van der Waals surface area contributed by atoms with E-state index < -0.39 is 6.04 Å². The monoisotopic (exact) mass is 434 g/mol. The Morgan fingerprint density at radius 3 is 2.10 bits per heavy atom. The number of carbonyl (C=O) groups excluding carboxylic acids is 2. The van der Waals surface area contributed by atoms with Gasteiger partial charge in [-0.3, -0.25) is 9.59 Å². The Balaban J connectivity index is 1.92. The van der Waals surface area contributed by atoms with Gasteiger partial charge in [0.1, 0.15) is 17.5 Å². The summed E-state index contributed by atoms with van der Waals surface area (Å²) in [5.74, 6) is 0.823. The number of likely N-dealkylation sites (N-methyl/N-ethyl adjacent to an activating group) is 1. The molecule has 0 radical (unpaired) electrons. The van der Waals surface area contributed by atoms with E-state index in [4.69, 9.17) is 9.47 Å². The molecule has 1 aromatic carbocycles. The van der Waals surface area contributed by atoms with Crippen LogP contribution in [-0.4, -0.2) is 88.2 Å². The maximum Gasteiger partial charge on any atom is 0.252 e. The number of nitrogens with one attached hydrogen (secondary N) is 2. The molecule has 1 aliphatic heterocycles. The molecule has 1 aromatic rings. The average molecular weight is 435 g/mol. The predicted octanol–water partition coefficient (Wildman–Crippen LogP) is 1.46. The standard InChI is InChI=1S/C23H38N4O4/c1-16(2)21(25-22(28)18-11-19(30-5)13-20(12-18)31-6)23(29)24-14-17(3)15-27-9-7-26(4)8-10-27/h11-13,16-17,21H,7-10,14-15H2,1-6H3,(H,24,29)(H,25,28). The molecular formula is C23H38N4O4. The van der Waals surface area contributed by atoms with Crippen molar-refractivity contribution in [3.05, 3.63) is 23.8 Å². The van der Waals surface area contributed by atoms with Crippen molar-refractivity contribution >= 4 is 11.8 Å². The summed E-state index contributed by atoms with van der Waals surface area (Å²) < 4.78 is 10.5. The summed E-state index contributed by atoms with van der Waals surface area (Å²) >= 11 is 0. The molecule has 0 saturated carbocycles. The number of methoxy groups -OCH3 is 2. The maximum atomic E-state index is 12.8. The summed E-state index contributed by atoms with van der Waals surface area (Å²) in [5, 5.41) is 5.89. The van der Waals surface area contributed by atoms with Gasteiger partial charge in [0.25, 0.3) is 5.91 Å². The SMILES string of the molecule is COc1cc(OC)cc(C(=O)NC(C(=O)NCC(C)CN2CCN(C)CC2)C(C)C)c1. The molecule has 8 nitrogen and oxygen atoms in total. The molecule has 2 atom stereocenters. The molecule has 2 rings (SSSR count). The highest BCUT2D eigenvalue weighted by Crippen LogP contribution is 2.22. The number of hydrogen-bond donors (Lipinski definition) is 2. The first-order valence-corrected chi connectivity index (χ1v) is 11.0. The van der Waals surface area contributed by atoms with Gasteiger partial charge < -0.3 is 29.9 Å². The zero-order valence-corrected chi connectivity index (χ0v) is 19.7. The first-order valence-electron chi connectivity index (χ1n) is 11.0.